The first-order valence-corrected chi connectivity index (χ1v) is 5.79. The zero-order valence-electron chi connectivity index (χ0n) is 10.8. The van der Waals surface area contributed by atoms with E-state index in [-0.39, 0.29) is 5.97 Å². The van der Waals surface area contributed by atoms with Crippen LogP contribution in [-0.4, -0.2) is 28.0 Å². The maximum Gasteiger partial charge on any atom is 0.325 e. The van der Waals surface area contributed by atoms with E-state index in [2.05, 4.69) is 10.3 Å². The van der Waals surface area contributed by atoms with E-state index in [1.54, 1.807) is 13.8 Å². The van der Waals surface area contributed by atoms with E-state index in [9.17, 15) is 4.79 Å². The van der Waals surface area contributed by atoms with Gasteiger partial charge < -0.3 is 9.14 Å². The molecule has 0 aliphatic rings. The van der Waals surface area contributed by atoms with Crippen molar-refractivity contribution < 1.29 is 9.53 Å². The molecule has 0 fully saturated rings. The first kappa shape index (κ1) is 12.6. The third-order valence-corrected chi connectivity index (χ3v) is 2.82. The predicted molar refractivity (Wildman–Crippen MR) is 68.1 cm³/mol. The summed E-state index contributed by atoms with van der Waals surface area (Å²) in [6.07, 6.45) is 3.88. The number of pyridine rings is 1. The normalized spacial score (nSPS) is 11.7. The zero-order chi connectivity index (χ0) is 13.2. The van der Waals surface area contributed by atoms with Gasteiger partial charge >= 0.3 is 5.97 Å². The van der Waals surface area contributed by atoms with Crippen molar-refractivity contribution in [2.75, 3.05) is 7.11 Å². The summed E-state index contributed by atoms with van der Waals surface area (Å²) >= 11 is 0. The summed E-state index contributed by atoms with van der Waals surface area (Å²) in [6.45, 7) is 4.09. The van der Waals surface area contributed by atoms with Gasteiger partial charge in [-0.3, -0.25) is 10.1 Å². The van der Waals surface area contributed by atoms with E-state index < -0.39 is 5.54 Å². The average molecular weight is 247 g/mol. The molecule has 2 aromatic heterocycles. The number of nitrogens with zero attached hydrogens (tertiary/aromatic N) is 2. The second-order valence-corrected chi connectivity index (χ2v) is 4.67. The van der Waals surface area contributed by atoms with Crippen LogP contribution >= 0.6 is 0 Å². The fourth-order valence-corrected chi connectivity index (χ4v) is 1.71. The average Bonchev–Trinajstić information content (AvgIpc) is 2.78. The Morgan fingerprint density at radius 3 is 2.94 bits per heavy atom. The van der Waals surface area contributed by atoms with Crippen LogP contribution in [0, 0.1) is 0 Å². The number of nitrogens with one attached hydrogen (secondary N) is 1. The standard InChI is InChI=1S/C13H17N3O2/c1-13(2,12(17)18-3)14-8-10-9-16-7-5-4-6-11(16)15-10/h4-7,9,14H,8H2,1-3H3. The van der Waals surface area contributed by atoms with Crippen LogP contribution in [0.3, 0.4) is 0 Å². The molecule has 0 unspecified atom stereocenters. The molecule has 1 N–H and O–H groups in total. The summed E-state index contributed by atoms with van der Waals surface area (Å²) in [5.74, 6) is -0.286. The molecule has 18 heavy (non-hydrogen) atoms. The Labute approximate surface area is 106 Å². The molecule has 0 bridgehead atoms. The van der Waals surface area contributed by atoms with Crippen molar-refractivity contribution in [3.63, 3.8) is 0 Å². The highest BCUT2D eigenvalue weighted by Gasteiger charge is 2.27. The van der Waals surface area contributed by atoms with E-state index in [4.69, 9.17) is 4.74 Å². The van der Waals surface area contributed by atoms with Crippen molar-refractivity contribution in [1.29, 1.82) is 0 Å². The number of hydrogen-bond acceptors (Lipinski definition) is 4. The molecule has 2 aromatic rings. The van der Waals surface area contributed by atoms with Gasteiger partial charge in [0.1, 0.15) is 11.2 Å². The Hall–Kier alpha value is -1.88. The summed E-state index contributed by atoms with van der Waals surface area (Å²) in [7, 11) is 1.39. The molecule has 2 heterocycles. The largest absolute Gasteiger partial charge is 0.468 e. The van der Waals surface area contributed by atoms with Gasteiger partial charge in [-0.05, 0) is 26.0 Å². The lowest BCUT2D eigenvalue weighted by Gasteiger charge is -2.22. The summed E-state index contributed by atoms with van der Waals surface area (Å²) in [5.41, 5.74) is 1.06. The third-order valence-electron chi connectivity index (χ3n) is 2.82. The minimum atomic E-state index is -0.718. The van der Waals surface area contributed by atoms with E-state index >= 15 is 0 Å². The molecule has 0 saturated heterocycles. The second-order valence-electron chi connectivity index (χ2n) is 4.67. The molecule has 0 saturated carbocycles. The molecular weight excluding hydrogens is 230 g/mol. The van der Waals surface area contributed by atoms with Gasteiger partial charge in [0.2, 0.25) is 0 Å². The smallest absolute Gasteiger partial charge is 0.325 e. The van der Waals surface area contributed by atoms with Crippen LogP contribution in [0.4, 0.5) is 0 Å². The zero-order valence-corrected chi connectivity index (χ0v) is 10.8. The lowest BCUT2D eigenvalue weighted by atomic mass is 10.1. The number of ether oxygens (including phenoxy) is 1. The molecule has 0 amide bonds. The molecule has 0 atom stereocenters. The summed E-state index contributed by atoms with van der Waals surface area (Å²) in [4.78, 5) is 16.0. The summed E-state index contributed by atoms with van der Waals surface area (Å²) < 4.78 is 6.68. The van der Waals surface area contributed by atoms with Crippen molar-refractivity contribution in [3.8, 4) is 0 Å². The number of rotatable bonds is 4. The van der Waals surface area contributed by atoms with E-state index in [1.807, 2.05) is 35.0 Å². The molecule has 96 valence electrons. The Kier molecular flexibility index (Phi) is 3.34. The molecule has 2 rings (SSSR count). The highest BCUT2D eigenvalue weighted by Crippen LogP contribution is 2.08. The number of carbonyl (C=O) groups is 1. The van der Waals surface area contributed by atoms with Gasteiger partial charge in [0.25, 0.3) is 0 Å². The maximum atomic E-state index is 11.5. The molecular formula is C13H17N3O2. The van der Waals surface area contributed by atoms with Crippen molar-refractivity contribution in [2.45, 2.75) is 25.9 Å². The summed E-state index contributed by atoms with van der Waals surface area (Å²) in [5, 5.41) is 3.14. The number of fused-ring (bicyclic) bond motifs is 1. The van der Waals surface area contributed by atoms with Gasteiger partial charge in [-0.25, -0.2) is 4.98 Å². The maximum absolute atomic E-state index is 11.5. The number of carbonyl (C=O) groups excluding carboxylic acids is 1. The number of aromatic nitrogens is 2. The number of methoxy groups -OCH3 is 1. The monoisotopic (exact) mass is 247 g/mol. The molecule has 5 nitrogen and oxygen atoms in total. The van der Waals surface area contributed by atoms with Gasteiger partial charge in [-0.2, -0.15) is 0 Å². The molecule has 0 aliphatic heterocycles. The highest BCUT2D eigenvalue weighted by atomic mass is 16.5. The lowest BCUT2D eigenvalue weighted by Crippen LogP contribution is -2.47. The quantitative estimate of drug-likeness (QED) is 0.829. The van der Waals surface area contributed by atoms with Crippen LogP contribution < -0.4 is 5.32 Å². The van der Waals surface area contributed by atoms with Gasteiger partial charge in [0, 0.05) is 18.9 Å². The first-order chi connectivity index (χ1) is 8.53. The van der Waals surface area contributed by atoms with Crippen LogP contribution in [0.2, 0.25) is 0 Å². The van der Waals surface area contributed by atoms with E-state index in [0.29, 0.717) is 6.54 Å². The van der Waals surface area contributed by atoms with Gasteiger partial charge in [-0.15, -0.1) is 0 Å². The van der Waals surface area contributed by atoms with Gasteiger partial charge in [-0.1, -0.05) is 6.07 Å². The van der Waals surface area contributed by atoms with E-state index in [0.717, 1.165) is 11.3 Å². The Morgan fingerprint density at radius 2 is 2.28 bits per heavy atom. The van der Waals surface area contributed by atoms with Gasteiger partial charge in [0.05, 0.1) is 12.8 Å². The van der Waals surface area contributed by atoms with Crippen molar-refractivity contribution in [3.05, 3.63) is 36.3 Å². The Balaban J connectivity index is 2.08. The highest BCUT2D eigenvalue weighted by molar-refractivity contribution is 5.79. The first-order valence-electron chi connectivity index (χ1n) is 5.79. The SMILES string of the molecule is COC(=O)C(C)(C)NCc1cn2ccccc2n1. The number of imidazole rings is 1. The minimum Gasteiger partial charge on any atom is -0.468 e. The molecule has 0 aromatic carbocycles. The van der Waals surface area contributed by atoms with Crippen molar-refractivity contribution in [1.82, 2.24) is 14.7 Å². The lowest BCUT2D eigenvalue weighted by molar-refractivity contribution is -0.147. The Morgan fingerprint density at radius 1 is 1.50 bits per heavy atom. The Bertz CT molecular complexity index is 527. The minimum absolute atomic E-state index is 0.286. The topological polar surface area (TPSA) is 55.6 Å². The molecule has 5 heteroatoms. The van der Waals surface area contributed by atoms with Crippen molar-refractivity contribution in [2.24, 2.45) is 0 Å². The molecule has 0 spiro atoms. The molecule has 0 aliphatic carbocycles. The van der Waals surface area contributed by atoms with Crippen LogP contribution in [0.5, 0.6) is 0 Å². The van der Waals surface area contributed by atoms with Crippen LogP contribution in [0.15, 0.2) is 30.6 Å². The fraction of sp³-hybridized carbons (Fsp3) is 0.385. The van der Waals surface area contributed by atoms with Crippen LogP contribution in [-0.2, 0) is 16.1 Å². The third kappa shape index (κ3) is 2.51. The second kappa shape index (κ2) is 4.78. The van der Waals surface area contributed by atoms with Crippen LogP contribution in [0.1, 0.15) is 19.5 Å². The van der Waals surface area contributed by atoms with Crippen molar-refractivity contribution >= 4 is 11.6 Å². The van der Waals surface area contributed by atoms with Crippen LogP contribution in [0.25, 0.3) is 5.65 Å². The number of hydrogen-bond donors (Lipinski definition) is 1. The predicted octanol–water partition coefficient (Wildman–Crippen LogP) is 1.38. The fourth-order valence-electron chi connectivity index (χ4n) is 1.71. The van der Waals surface area contributed by atoms with Gasteiger partial charge in [0.15, 0.2) is 0 Å². The van der Waals surface area contributed by atoms with E-state index in [1.165, 1.54) is 7.11 Å². The molecule has 0 radical (unpaired) electrons. The number of esters is 1. The summed E-state index contributed by atoms with van der Waals surface area (Å²) in [6, 6.07) is 5.83.